The smallest absolute Gasteiger partial charge is 0.330 e. The number of halogens is 1. The number of hydrogen-bond acceptors (Lipinski definition) is 2. The minimum absolute atomic E-state index is 0.371. The molecule has 0 aliphatic heterocycles. The monoisotopic (exact) mass is 177 g/mol. The van der Waals surface area contributed by atoms with Crippen molar-refractivity contribution in [2.24, 2.45) is 0 Å². The Bertz CT molecular complexity index is 98.6. The second-order valence-electron chi connectivity index (χ2n) is 1.01. The summed E-state index contributed by atoms with van der Waals surface area (Å²) in [6, 6.07) is 0. The lowest BCUT2D eigenvalue weighted by Gasteiger charge is -1.85. The van der Waals surface area contributed by atoms with Crippen molar-refractivity contribution in [1.29, 1.82) is 0 Å². The van der Waals surface area contributed by atoms with Gasteiger partial charge in [-0.15, -0.1) is 0 Å². The summed E-state index contributed by atoms with van der Waals surface area (Å²) in [6.45, 7) is 0. The second-order valence-corrected chi connectivity index (χ2v) is 1.57. The number of esters is 1. The van der Waals surface area contributed by atoms with Crippen LogP contribution in [0.3, 0.4) is 0 Å². The van der Waals surface area contributed by atoms with E-state index in [1.807, 2.05) is 0 Å². The fraction of sp³-hybridized carbons (Fsp3) is 0.400. The minimum atomic E-state index is -0.371. The fourth-order valence-electron chi connectivity index (χ4n) is 0.181. The highest BCUT2D eigenvalue weighted by atomic mass is 79.9. The number of ether oxygens (including phenoxy) is 1. The number of carbonyl (C=O) groups is 1. The molecule has 0 fully saturated rings. The summed E-state index contributed by atoms with van der Waals surface area (Å²) in [5, 5.41) is 0.558. The molecule has 0 aliphatic rings. The molecule has 0 N–H and O–H groups in total. The van der Waals surface area contributed by atoms with Crippen molar-refractivity contribution in [2.75, 3.05) is 12.4 Å². The normalized spacial score (nSPS) is 9.75. The summed E-state index contributed by atoms with van der Waals surface area (Å²) in [6.07, 6.45) is 3.86. The Morgan fingerprint density at radius 2 is 2.62 bits per heavy atom. The van der Waals surface area contributed by atoms with Gasteiger partial charge in [0.2, 0.25) is 0 Å². The van der Waals surface area contributed by atoms with Gasteiger partial charge in [0, 0.05) is 11.4 Å². The number of rotatable bonds is 2. The maximum atomic E-state index is 10.2. The molecule has 0 amide bonds. The van der Waals surface area contributed by atoms with Crippen LogP contribution >= 0.6 is 15.9 Å². The van der Waals surface area contributed by atoms with Gasteiger partial charge in [-0.1, -0.05) is 15.9 Å². The summed E-state index contributed by atoms with van der Waals surface area (Å²) in [5.74, 6) is -0.371. The zero-order valence-electron chi connectivity index (χ0n) is 4.48. The first kappa shape index (κ1) is 7.69. The van der Waals surface area contributed by atoms with Crippen molar-refractivity contribution < 1.29 is 9.53 Å². The molecule has 0 aliphatic carbocycles. The molecule has 0 unspecified atom stereocenters. The van der Waals surface area contributed by atoms with Crippen LogP contribution in [-0.4, -0.2) is 18.4 Å². The van der Waals surface area contributed by atoms with E-state index in [0.717, 1.165) is 0 Å². The molecule has 0 aromatic rings. The molecule has 0 bridgehead atoms. The second kappa shape index (κ2) is 4.84. The summed E-state index contributed by atoms with van der Waals surface area (Å²) >= 11 is 3.06. The molecule has 0 saturated heterocycles. The van der Waals surface area contributed by atoms with Crippen molar-refractivity contribution in [2.45, 2.75) is 0 Å². The van der Waals surface area contributed by atoms with Gasteiger partial charge < -0.3 is 4.74 Å². The van der Waals surface area contributed by atoms with Crippen molar-refractivity contribution in [3.05, 3.63) is 12.2 Å². The lowest BCUT2D eigenvalue weighted by atomic mass is 10.5. The Labute approximate surface area is 56.7 Å². The summed E-state index contributed by atoms with van der Waals surface area (Å²) < 4.78 is 4.27. The van der Waals surface area contributed by atoms with E-state index in [-0.39, 0.29) is 5.97 Å². The van der Waals surface area contributed by atoms with E-state index in [2.05, 4.69) is 26.7 Å². The van der Waals surface area contributed by atoms with Crippen LogP contribution in [-0.2, 0) is 9.53 Å². The molecule has 0 heterocycles. The lowest BCUT2D eigenvalue weighted by Crippen LogP contribution is -1.93. The van der Waals surface area contributed by atoms with Gasteiger partial charge in [-0.05, 0) is 6.08 Å². The van der Waals surface area contributed by atoms with Crippen molar-refractivity contribution in [3.8, 4) is 0 Å². The Morgan fingerprint density at radius 3 is 3.00 bits per heavy atom. The van der Waals surface area contributed by atoms with Crippen LogP contribution in [0.1, 0.15) is 0 Å². The fourth-order valence-corrected chi connectivity index (χ4v) is 0.343. The number of hydrogen-bond donors (Lipinski definition) is 0. The Kier molecular flexibility index (Phi) is 4.65. The standard InChI is InChI=1S/C5H6BrO2/c1-8-5(7)3-2-4-6/h3H,4H2,1H3. The largest absolute Gasteiger partial charge is 0.466 e. The van der Waals surface area contributed by atoms with Gasteiger partial charge in [-0.2, -0.15) is 0 Å². The van der Waals surface area contributed by atoms with E-state index in [0.29, 0.717) is 5.33 Å². The van der Waals surface area contributed by atoms with E-state index in [4.69, 9.17) is 0 Å². The molecule has 2 nitrogen and oxygen atoms in total. The molecule has 3 heteroatoms. The van der Waals surface area contributed by atoms with Gasteiger partial charge in [0.15, 0.2) is 0 Å². The van der Waals surface area contributed by atoms with Gasteiger partial charge in [0.1, 0.15) is 0 Å². The number of carbonyl (C=O) groups excluding carboxylic acids is 1. The van der Waals surface area contributed by atoms with Gasteiger partial charge in [-0.25, -0.2) is 4.79 Å². The molecular weight excluding hydrogens is 172 g/mol. The first-order chi connectivity index (χ1) is 3.81. The predicted molar refractivity (Wildman–Crippen MR) is 33.6 cm³/mol. The molecule has 0 saturated carbocycles. The van der Waals surface area contributed by atoms with Gasteiger partial charge in [0.05, 0.1) is 7.11 Å². The van der Waals surface area contributed by atoms with E-state index in [1.165, 1.54) is 13.2 Å². The van der Waals surface area contributed by atoms with Gasteiger partial charge >= 0.3 is 5.97 Å². The minimum Gasteiger partial charge on any atom is -0.466 e. The van der Waals surface area contributed by atoms with E-state index < -0.39 is 0 Å². The molecular formula is C5H6BrO2. The lowest BCUT2D eigenvalue weighted by molar-refractivity contribution is -0.134. The number of allylic oxidation sites excluding steroid dienone is 1. The van der Waals surface area contributed by atoms with Crippen LogP contribution in [0.15, 0.2) is 6.08 Å². The van der Waals surface area contributed by atoms with E-state index in [9.17, 15) is 4.79 Å². The third-order valence-corrected chi connectivity index (χ3v) is 0.822. The van der Waals surface area contributed by atoms with E-state index >= 15 is 0 Å². The molecule has 0 aromatic carbocycles. The van der Waals surface area contributed by atoms with Crippen molar-refractivity contribution in [1.82, 2.24) is 0 Å². The van der Waals surface area contributed by atoms with E-state index in [1.54, 1.807) is 0 Å². The topological polar surface area (TPSA) is 26.3 Å². The molecule has 0 spiro atoms. The Balaban J connectivity index is 3.37. The van der Waals surface area contributed by atoms with Crippen molar-refractivity contribution >= 4 is 21.9 Å². The highest BCUT2D eigenvalue weighted by molar-refractivity contribution is 9.09. The summed E-state index contributed by atoms with van der Waals surface area (Å²) in [5.41, 5.74) is 0. The number of alkyl halides is 1. The van der Waals surface area contributed by atoms with Crippen molar-refractivity contribution in [3.63, 3.8) is 0 Å². The predicted octanol–water partition coefficient (Wildman–Crippen LogP) is 0.914. The van der Waals surface area contributed by atoms with Crippen LogP contribution in [0.4, 0.5) is 0 Å². The summed E-state index contributed by atoms with van der Waals surface area (Å²) in [7, 11) is 1.33. The first-order valence-electron chi connectivity index (χ1n) is 2.01. The third-order valence-electron chi connectivity index (χ3n) is 0.498. The van der Waals surface area contributed by atoms with Crippen LogP contribution in [0.5, 0.6) is 0 Å². The Hall–Kier alpha value is -0.310. The average Bonchev–Trinajstić information content (AvgIpc) is 1.83. The SMILES string of the molecule is COC(=O)/C=[C]\CBr. The quantitative estimate of drug-likeness (QED) is 0.357. The highest BCUT2D eigenvalue weighted by Crippen LogP contribution is 1.81. The molecule has 0 atom stereocenters. The highest BCUT2D eigenvalue weighted by Gasteiger charge is 1.86. The zero-order chi connectivity index (χ0) is 6.41. The molecule has 0 aromatic heterocycles. The third kappa shape index (κ3) is 3.87. The maximum Gasteiger partial charge on any atom is 0.330 e. The average molecular weight is 178 g/mol. The molecule has 8 heavy (non-hydrogen) atoms. The number of methoxy groups -OCH3 is 1. The molecule has 1 radical (unpaired) electrons. The molecule has 0 rings (SSSR count). The maximum absolute atomic E-state index is 10.2. The van der Waals surface area contributed by atoms with Crippen LogP contribution in [0, 0.1) is 6.08 Å². The van der Waals surface area contributed by atoms with Crippen LogP contribution in [0.25, 0.3) is 0 Å². The molecule has 45 valence electrons. The summed E-state index contributed by atoms with van der Waals surface area (Å²) in [4.78, 5) is 10.2. The van der Waals surface area contributed by atoms with Crippen LogP contribution in [0.2, 0.25) is 0 Å². The van der Waals surface area contributed by atoms with Crippen LogP contribution < -0.4 is 0 Å². The Morgan fingerprint density at radius 1 is 2.00 bits per heavy atom. The zero-order valence-corrected chi connectivity index (χ0v) is 6.06. The van der Waals surface area contributed by atoms with Gasteiger partial charge in [0.25, 0.3) is 0 Å². The van der Waals surface area contributed by atoms with Gasteiger partial charge in [-0.3, -0.25) is 0 Å². The first-order valence-corrected chi connectivity index (χ1v) is 3.14.